The van der Waals surface area contributed by atoms with Gasteiger partial charge in [0.2, 0.25) is 0 Å². The van der Waals surface area contributed by atoms with Crippen LogP contribution in [0.2, 0.25) is 0 Å². The van der Waals surface area contributed by atoms with Crippen LogP contribution in [0.4, 0.5) is 11.5 Å². The van der Waals surface area contributed by atoms with Crippen molar-refractivity contribution in [2.24, 2.45) is 0 Å². The van der Waals surface area contributed by atoms with Gasteiger partial charge < -0.3 is 5.32 Å². The molecule has 0 saturated carbocycles. The molecule has 2 rings (SSSR count). The molecule has 0 atom stereocenters. The summed E-state index contributed by atoms with van der Waals surface area (Å²) in [6.45, 7) is 6.49. The first-order valence-electron chi connectivity index (χ1n) is 6.09. The Bertz CT molecular complexity index is 603. The van der Waals surface area contributed by atoms with Gasteiger partial charge in [-0.1, -0.05) is 39.0 Å². The summed E-state index contributed by atoms with van der Waals surface area (Å²) in [6.07, 6.45) is 3.03. The molecule has 0 aliphatic rings. The van der Waals surface area contributed by atoms with Crippen LogP contribution in [0.25, 0.3) is 0 Å². The molecule has 0 bridgehead atoms. The van der Waals surface area contributed by atoms with Crippen LogP contribution in [-0.2, 0) is 5.41 Å². The standard InChI is InChI=1S/C15H16N4/c1-15(2,3)12-6-4-5-7-13(12)19-14-10-17-11(8-16)9-18-14/h4-7,9-10H,1-3H3,(H,18,19). The number of aromatic nitrogens is 2. The maximum absolute atomic E-state index is 8.70. The van der Waals surface area contributed by atoms with Gasteiger partial charge in [-0.05, 0) is 17.0 Å². The van der Waals surface area contributed by atoms with Crippen molar-refractivity contribution in [1.82, 2.24) is 9.97 Å². The summed E-state index contributed by atoms with van der Waals surface area (Å²) in [5, 5.41) is 11.9. The van der Waals surface area contributed by atoms with Gasteiger partial charge in [0, 0.05) is 5.69 Å². The molecule has 0 unspecified atom stereocenters. The molecule has 0 aliphatic heterocycles. The quantitative estimate of drug-likeness (QED) is 0.889. The van der Waals surface area contributed by atoms with Crippen molar-refractivity contribution < 1.29 is 0 Å². The van der Waals surface area contributed by atoms with Gasteiger partial charge in [0.05, 0.1) is 12.4 Å². The number of nitrogens with one attached hydrogen (secondary N) is 1. The number of nitriles is 1. The van der Waals surface area contributed by atoms with Crippen molar-refractivity contribution in [2.45, 2.75) is 26.2 Å². The van der Waals surface area contributed by atoms with Crippen LogP contribution < -0.4 is 5.32 Å². The molecule has 0 fully saturated rings. The molecule has 0 spiro atoms. The lowest BCUT2D eigenvalue weighted by molar-refractivity contribution is 0.592. The zero-order valence-electron chi connectivity index (χ0n) is 11.3. The normalized spacial score (nSPS) is 10.8. The largest absolute Gasteiger partial charge is 0.339 e. The van der Waals surface area contributed by atoms with Gasteiger partial charge in [0.25, 0.3) is 0 Å². The summed E-state index contributed by atoms with van der Waals surface area (Å²) < 4.78 is 0. The Kier molecular flexibility index (Phi) is 3.48. The number of anilines is 2. The van der Waals surface area contributed by atoms with Crippen LogP contribution in [-0.4, -0.2) is 9.97 Å². The number of nitrogens with zero attached hydrogens (tertiary/aromatic N) is 3. The third-order valence-corrected chi connectivity index (χ3v) is 2.76. The van der Waals surface area contributed by atoms with E-state index >= 15 is 0 Å². The van der Waals surface area contributed by atoms with Crippen LogP contribution >= 0.6 is 0 Å². The highest BCUT2D eigenvalue weighted by Gasteiger charge is 2.17. The lowest BCUT2D eigenvalue weighted by Gasteiger charge is -2.23. The number of hydrogen-bond acceptors (Lipinski definition) is 4. The number of para-hydroxylation sites is 1. The summed E-state index contributed by atoms with van der Waals surface area (Å²) in [6, 6.07) is 10.1. The topological polar surface area (TPSA) is 61.6 Å². The van der Waals surface area contributed by atoms with E-state index in [1.165, 1.54) is 11.8 Å². The van der Waals surface area contributed by atoms with Gasteiger partial charge in [-0.2, -0.15) is 5.26 Å². The fourth-order valence-electron chi connectivity index (χ4n) is 1.83. The second-order valence-electron chi connectivity index (χ2n) is 5.32. The molecule has 0 aliphatic carbocycles. The molecule has 2 aromatic rings. The van der Waals surface area contributed by atoms with E-state index in [0.717, 1.165) is 5.69 Å². The van der Waals surface area contributed by atoms with E-state index in [1.54, 1.807) is 6.20 Å². The minimum Gasteiger partial charge on any atom is -0.339 e. The van der Waals surface area contributed by atoms with Gasteiger partial charge in [0.1, 0.15) is 11.9 Å². The second-order valence-corrected chi connectivity index (χ2v) is 5.32. The molecule has 4 heteroatoms. The third-order valence-electron chi connectivity index (χ3n) is 2.76. The molecule has 1 aromatic heterocycles. The first-order chi connectivity index (χ1) is 9.00. The fourth-order valence-corrected chi connectivity index (χ4v) is 1.83. The van der Waals surface area contributed by atoms with Crippen molar-refractivity contribution in [2.75, 3.05) is 5.32 Å². The SMILES string of the molecule is CC(C)(C)c1ccccc1Nc1cnc(C#N)cn1. The molecule has 0 amide bonds. The highest BCUT2D eigenvalue weighted by atomic mass is 15.0. The third kappa shape index (κ3) is 3.08. The van der Waals surface area contributed by atoms with Crippen molar-refractivity contribution in [3.63, 3.8) is 0 Å². The summed E-state index contributed by atoms with van der Waals surface area (Å²) in [7, 11) is 0. The van der Waals surface area contributed by atoms with Gasteiger partial charge in [-0.3, -0.25) is 0 Å². The Labute approximate surface area is 113 Å². The molecular weight excluding hydrogens is 236 g/mol. The Balaban J connectivity index is 2.31. The maximum atomic E-state index is 8.70. The lowest BCUT2D eigenvalue weighted by atomic mass is 9.86. The van der Waals surface area contributed by atoms with E-state index in [-0.39, 0.29) is 5.41 Å². The van der Waals surface area contributed by atoms with Crippen LogP contribution in [0.3, 0.4) is 0 Å². The van der Waals surface area contributed by atoms with Crippen molar-refractivity contribution >= 4 is 11.5 Å². The predicted octanol–water partition coefficient (Wildman–Crippen LogP) is 3.39. The second kappa shape index (κ2) is 5.07. The van der Waals surface area contributed by atoms with E-state index in [2.05, 4.69) is 42.1 Å². The van der Waals surface area contributed by atoms with E-state index in [9.17, 15) is 0 Å². The number of benzene rings is 1. The molecule has 19 heavy (non-hydrogen) atoms. The van der Waals surface area contributed by atoms with Crippen molar-refractivity contribution in [1.29, 1.82) is 5.26 Å². The van der Waals surface area contributed by atoms with E-state index in [4.69, 9.17) is 5.26 Å². The van der Waals surface area contributed by atoms with E-state index < -0.39 is 0 Å². The summed E-state index contributed by atoms with van der Waals surface area (Å²) in [5.41, 5.74) is 2.58. The monoisotopic (exact) mass is 252 g/mol. The zero-order valence-corrected chi connectivity index (χ0v) is 11.3. The van der Waals surface area contributed by atoms with Crippen LogP contribution in [0.15, 0.2) is 36.7 Å². The Morgan fingerprint density at radius 1 is 1.11 bits per heavy atom. The summed E-state index contributed by atoms with van der Waals surface area (Å²) in [4.78, 5) is 8.17. The van der Waals surface area contributed by atoms with Crippen LogP contribution in [0, 0.1) is 11.3 Å². The first kappa shape index (κ1) is 13.0. The summed E-state index contributed by atoms with van der Waals surface area (Å²) in [5.74, 6) is 0.635. The van der Waals surface area contributed by atoms with Crippen molar-refractivity contribution in [3.05, 3.63) is 47.9 Å². The Morgan fingerprint density at radius 3 is 2.42 bits per heavy atom. The van der Waals surface area contributed by atoms with Gasteiger partial charge in [0.15, 0.2) is 5.69 Å². The van der Waals surface area contributed by atoms with Crippen molar-refractivity contribution in [3.8, 4) is 6.07 Å². The van der Waals surface area contributed by atoms with E-state index in [0.29, 0.717) is 11.5 Å². The minimum atomic E-state index is 0.0453. The molecular formula is C15H16N4. The van der Waals surface area contributed by atoms with Gasteiger partial charge in [-0.25, -0.2) is 9.97 Å². The Hall–Kier alpha value is -2.41. The highest BCUT2D eigenvalue weighted by Crippen LogP contribution is 2.30. The molecule has 1 heterocycles. The van der Waals surface area contributed by atoms with Crippen LogP contribution in [0.1, 0.15) is 32.0 Å². The van der Waals surface area contributed by atoms with Crippen LogP contribution in [0.5, 0.6) is 0 Å². The van der Waals surface area contributed by atoms with Gasteiger partial charge >= 0.3 is 0 Å². The van der Waals surface area contributed by atoms with Gasteiger partial charge in [-0.15, -0.1) is 0 Å². The molecule has 0 radical (unpaired) electrons. The fraction of sp³-hybridized carbons (Fsp3) is 0.267. The predicted molar refractivity (Wildman–Crippen MR) is 75.2 cm³/mol. The lowest BCUT2D eigenvalue weighted by Crippen LogP contribution is -2.13. The molecule has 96 valence electrons. The zero-order chi connectivity index (χ0) is 13.9. The highest BCUT2D eigenvalue weighted by molar-refractivity contribution is 5.61. The number of hydrogen-bond donors (Lipinski definition) is 1. The summed E-state index contributed by atoms with van der Waals surface area (Å²) >= 11 is 0. The molecule has 0 saturated heterocycles. The first-order valence-corrected chi connectivity index (χ1v) is 6.09. The maximum Gasteiger partial charge on any atom is 0.158 e. The molecule has 1 aromatic carbocycles. The molecule has 4 nitrogen and oxygen atoms in total. The number of rotatable bonds is 2. The minimum absolute atomic E-state index is 0.0453. The average Bonchev–Trinajstić information content (AvgIpc) is 2.39. The smallest absolute Gasteiger partial charge is 0.158 e. The Morgan fingerprint density at radius 2 is 1.84 bits per heavy atom. The molecule has 1 N–H and O–H groups in total. The average molecular weight is 252 g/mol. The van der Waals surface area contributed by atoms with E-state index in [1.807, 2.05) is 24.3 Å².